The van der Waals surface area contributed by atoms with Gasteiger partial charge in [0.05, 0.1) is 13.2 Å². The summed E-state index contributed by atoms with van der Waals surface area (Å²) in [6.07, 6.45) is 1.03. The van der Waals surface area contributed by atoms with Crippen LogP contribution < -0.4 is 14.8 Å². The molecule has 0 unspecified atom stereocenters. The Hall–Kier alpha value is -1.26. The summed E-state index contributed by atoms with van der Waals surface area (Å²) >= 11 is 0. The quantitative estimate of drug-likeness (QED) is 0.633. The van der Waals surface area contributed by atoms with Crippen LogP contribution in [0.2, 0.25) is 0 Å². The third kappa shape index (κ3) is 6.26. The average molecular weight is 281 g/mol. The minimum absolute atomic E-state index is 0.644. The molecule has 0 aromatic heterocycles. The number of hydrogen-bond acceptors (Lipinski definition) is 4. The summed E-state index contributed by atoms with van der Waals surface area (Å²) in [5.74, 6) is 1.64. The summed E-state index contributed by atoms with van der Waals surface area (Å²) in [6, 6.07) is 6.10. The highest BCUT2D eigenvalue weighted by atomic mass is 16.5. The number of rotatable bonds is 11. The van der Waals surface area contributed by atoms with Gasteiger partial charge >= 0.3 is 0 Å². The number of benzene rings is 1. The molecule has 0 spiro atoms. The van der Waals surface area contributed by atoms with Crippen LogP contribution in [0.15, 0.2) is 18.2 Å². The van der Waals surface area contributed by atoms with Crippen LogP contribution in [0.4, 0.5) is 0 Å². The van der Waals surface area contributed by atoms with Crippen molar-refractivity contribution in [1.29, 1.82) is 0 Å². The van der Waals surface area contributed by atoms with Crippen LogP contribution in [0.25, 0.3) is 0 Å². The van der Waals surface area contributed by atoms with Crippen LogP contribution in [0.5, 0.6) is 11.5 Å². The molecule has 1 aromatic carbocycles. The number of nitrogens with one attached hydrogen (secondary N) is 1. The van der Waals surface area contributed by atoms with Crippen LogP contribution in [0.1, 0.15) is 32.8 Å². The first-order valence-corrected chi connectivity index (χ1v) is 7.48. The molecule has 0 aliphatic heterocycles. The number of ether oxygens (including phenoxy) is 3. The molecule has 4 heteroatoms. The summed E-state index contributed by atoms with van der Waals surface area (Å²) in [5, 5.41) is 3.40. The average Bonchev–Trinajstić information content (AvgIpc) is 2.46. The van der Waals surface area contributed by atoms with Gasteiger partial charge in [0.25, 0.3) is 0 Å². The van der Waals surface area contributed by atoms with Gasteiger partial charge in [-0.3, -0.25) is 0 Å². The molecule has 0 saturated heterocycles. The maximum absolute atomic E-state index is 5.62. The first-order chi connectivity index (χ1) is 9.81. The van der Waals surface area contributed by atoms with Crippen molar-refractivity contribution in [3.05, 3.63) is 23.8 Å². The molecular weight excluding hydrogens is 254 g/mol. The lowest BCUT2D eigenvalue weighted by Crippen LogP contribution is -2.16. The summed E-state index contributed by atoms with van der Waals surface area (Å²) in [4.78, 5) is 0. The maximum atomic E-state index is 5.62. The first kappa shape index (κ1) is 16.8. The van der Waals surface area contributed by atoms with Gasteiger partial charge < -0.3 is 19.5 Å². The molecule has 0 heterocycles. The highest BCUT2D eigenvalue weighted by molar-refractivity contribution is 5.43. The Morgan fingerprint density at radius 1 is 0.950 bits per heavy atom. The molecule has 1 aromatic rings. The standard InChI is InChI=1S/C16H27NO3/c1-4-18-11-7-10-17-13-14-8-9-15(19-5-2)16(12-14)20-6-3/h8-9,12,17H,4-7,10-11,13H2,1-3H3. The molecule has 20 heavy (non-hydrogen) atoms. The van der Waals surface area contributed by atoms with Crippen molar-refractivity contribution in [2.45, 2.75) is 33.7 Å². The normalized spacial score (nSPS) is 10.6. The van der Waals surface area contributed by atoms with E-state index in [4.69, 9.17) is 14.2 Å². The maximum Gasteiger partial charge on any atom is 0.161 e. The van der Waals surface area contributed by atoms with Gasteiger partial charge in [0.15, 0.2) is 11.5 Å². The molecule has 4 nitrogen and oxygen atoms in total. The Labute approximate surface area is 122 Å². The van der Waals surface area contributed by atoms with Crippen LogP contribution in [0.3, 0.4) is 0 Å². The molecule has 1 N–H and O–H groups in total. The highest BCUT2D eigenvalue weighted by Gasteiger charge is 2.05. The second-order valence-corrected chi connectivity index (χ2v) is 4.37. The molecule has 0 bridgehead atoms. The van der Waals surface area contributed by atoms with Gasteiger partial charge in [-0.05, 0) is 51.4 Å². The van der Waals surface area contributed by atoms with Crippen molar-refractivity contribution in [3.8, 4) is 11.5 Å². The van der Waals surface area contributed by atoms with Crippen molar-refractivity contribution in [2.75, 3.05) is 33.0 Å². The highest BCUT2D eigenvalue weighted by Crippen LogP contribution is 2.28. The fraction of sp³-hybridized carbons (Fsp3) is 0.625. The third-order valence-electron chi connectivity index (χ3n) is 2.78. The van der Waals surface area contributed by atoms with Gasteiger partial charge in [-0.2, -0.15) is 0 Å². The Morgan fingerprint density at radius 2 is 1.70 bits per heavy atom. The van der Waals surface area contributed by atoms with Crippen molar-refractivity contribution >= 4 is 0 Å². The molecular formula is C16H27NO3. The van der Waals surface area contributed by atoms with Gasteiger partial charge in [0.1, 0.15) is 0 Å². The van der Waals surface area contributed by atoms with Crippen LogP contribution >= 0.6 is 0 Å². The van der Waals surface area contributed by atoms with Gasteiger partial charge in [0, 0.05) is 19.8 Å². The van der Waals surface area contributed by atoms with E-state index in [1.54, 1.807) is 0 Å². The summed E-state index contributed by atoms with van der Waals surface area (Å²) < 4.78 is 16.5. The predicted octanol–water partition coefficient (Wildman–Crippen LogP) is 3.00. The molecule has 0 atom stereocenters. The Bertz CT molecular complexity index is 369. The molecule has 114 valence electrons. The summed E-state index contributed by atoms with van der Waals surface area (Å²) in [7, 11) is 0. The van der Waals surface area contributed by atoms with E-state index in [1.165, 1.54) is 5.56 Å². The Balaban J connectivity index is 2.43. The monoisotopic (exact) mass is 281 g/mol. The lowest BCUT2D eigenvalue weighted by atomic mass is 10.2. The van der Waals surface area contributed by atoms with Crippen molar-refractivity contribution in [1.82, 2.24) is 5.32 Å². The van der Waals surface area contributed by atoms with Gasteiger partial charge in [-0.15, -0.1) is 0 Å². The smallest absolute Gasteiger partial charge is 0.161 e. The van der Waals surface area contributed by atoms with E-state index in [0.29, 0.717) is 13.2 Å². The predicted molar refractivity (Wildman–Crippen MR) is 81.6 cm³/mol. The molecule has 0 aliphatic carbocycles. The Morgan fingerprint density at radius 3 is 2.40 bits per heavy atom. The minimum Gasteiger partial charge on any atom is -0.490 e. The third-order valence-corrected chi connectivity index (χ3v) is 2.78. The van der Waals surface area contributed by atoms with Gasteiger partial charge in [0.2, 0.25) is 0 Å². The SMILES string of the molecule is CCOCCCNCc1ccc(OCC)c(OCC)c1. The lowest BCUT2D eigenvalue weighted by Gasteiger charge is -2.12. The van der Waals surface area contributed by atoms with E-state index in [0.717, 1.165) is 44.2 Å². The topological polar surface area (TPSA) is 39.7 Å². The zero-order chi connectivity index (χ0) is 14.6. The second-order valence-electron chi connectivity index (χ2n) is 4.37. The van der Waals surface area contributed by atoms with E-state index in [-0.39, 0.29) is 0 Å². The molecule has 0 amide bonds. The van der Waals surface area contributed by atoms with E-state index in [2.05, 4.69) is 11.4 Å². The fourth-order valence-corrected chi connectivity index (χ4v) is 1.88. The minimum atomic E-state index is 0.644. The summed E-state index contributed by atoms with van der Waals surface area (Å²) in [5.41, 5.74) is 1.20. The van der Waals surface area contributed by atoms with Gasteiger partial charge in [-0.25, -0.2) is 0 Å². The molecule has 0 radical (unpaired) electrons. The Kier molecular flexibility index (Phi) is 8.83. The zero-order valence-corrected chi connectivity index (χ0v) is 12.9. The van der Waals surface area contributed by atoms with Crippen molar-refractivity contribution in [3.63, 3.8) is 0 Å². The summed E-state index contributed by atoms with van der Waals surface area (Å²) in [6.45, 7) is 10.7. The van der Waals surface area contributed by atoms with E-state index < -0.39 is 0 Å². The molecule has 0 saturated carbocycles. The van der Waals surface area contributed by atoms with E-state index >= 15 is 0 Å². The molecule has 0 fully saturated rings. The van der Waals surface area contributed by atoms with Gasteiger partial charge in [-0.1, -0.05) is 6.07 Å². The first-order valence-electron chi connectivity index (χ1n) is 7.48. The molecule has 0 aliphatic rings. The van der Waals surface area contributed by atoms with E-state index in [1.807, 2.05) is 32.9 Å². The molecule has 1 rings (SSSR count). The van der Waals surface area contributed by atoms with Crippen LogP contribution in [-0.2, 0) is 11.3 Å². The van der Waals surface area contributed by atoms with E-state index in [9.17, 15) is 0 Å². The lowest BCUT2D eigenvalue weighted by molar-refractivity contribution is 0.144. The number of hydrogen-bond donors (Lipinski definition) is 1. The largest absolute Gasteiger partial charge is 0.490 e. The second kappa shape index (κ2) is 10.5. The van der Waals surface area contributed by atoms with Crippen molar-refractivity contribution < 1.29 is 14.2 Å². The van der Waals surface area contributed by atoms with Crippen molar-refractivity contribution in [2.24, 2.45) is 0 Å². The fourth-order valence-electron chi connectivity index (χ4n) is 1.88. The van der Waals surface area contributed by atoms with Crippen LogP contribution in [0, 0.1) is 0 Å². The zero-order valence-electron chi connectivity index (χ0n) is 12.9. The van der Waals surface area contributed by atoms with Crippen LogP contribution in [-0.4, -0.2) is 33.0 Å².